The summed E-state index contributed by atoms with van der Waals surface area (Å²) in [4.78, 5) is 29.6. The molecule has 0 saturated heterocycles. The molecule has 1 amide bonds. The molecule has 5 rings (SSSR count). The number of allylic oxidation sites excluding steroid dienone is 1. The predicted octanol–water partition coefficient (Wildman–Crippen LogP) is 6.56. The molecule has 0 unspecified atom stereocenters. The average molecular weight is 481 g/mol. The van der Waals surface area contributed by atoms with E-state index in [9.17, 15) is 9.59 Å². The second-order valence-electron chi connectivity index (χ2n) is 10.0. The van der Waals surface area contributed by atoms with Gasteiger partial charge in [0.25, 0.3) is 0 Å². The number of amides is 1. The molecular formula is C31H32N2O3. The fourth-order valence-corrected chi connectivity index (χ4v) is 5.33. The van der Waals surface area contributed by atoms with E-state index in [1.165, 1.54) is 0 Å². The molecule has 0 spiro atoms. The first-order chi connectivity index (χ1) is 17.4. The van der Waals surface area contributed by atoms with E-state index in [2.05, 4.69) is 17.4 Å². The van der Waals surface area contributed by atoms with Crippen LogP contribution >= 0.6 is 0 Å². The number of rotatable bonds is 4. The van der Waals surface area contributed by atoms with Crippen LogP contribution < -0.4 is 15.0 Å². The molecule has 0 aromatic heterocycles. The normalized spacial score (nSPS) is 19.4. The van der Waals surface area contributed by atoms with E-state index in [0.29, 0.717) is 18.4 Å². The molecule has 3 aromatic carbocycles. The summed E-state index contributed by atoms with van der Waals surface area (Å²) in [6.45, 7) is 5.84. The third-order valence-electron chi connectivity index (χ3n) is 7.17. The third kappa shape index (κ3) is 4.30. The maximum atomic E-state index is 14.0. The highest BCUT2D eigenvalue weighted by atomic mass is 16.5. The van der Waals surface area contributed by atoms with E-state index in [4.69, 9.17) is 4.74 Å². The van der Waals surface area contributed by atoms with Gasteiger partial charge in [0.2, 0.25) is 5.91 Å². The van der Waals surface area contributed by atoms with E-state index < -0.39 is 6.04 Å². The highest BCUT2D eigenvalue weighted by molar-refractivity contribution is 6.07. The lowest BCUT2D eigenvalue weighted by Gasteiger charge is -2.36. The molecule has 1 aliphatic heterocycles. The SMILES string of the molecule is COc1ccc([C@@H]2C3=C(C[C@@H](c4ccccc4)CC3=O)Nc3ccc(C)cc3N2C(=O)C(C)C)cc1. The number of nitrogens with one attached hydrogen (secondary N) is 1. The Balaban J connectivity index is 1.73. The Hall–Kier alpha value is -3.86. The van der Waals surface area contributed by atoms with Gasteiger partial charge in [0, 0.05) is 23.6 Å². The summed E-state index contributed by atoms with van der Waals surface area (Å²) < 4.78 is 5.38. The Morgan fingerprint density at radius 3 is 2.36 bits per heavy atom. The lowest BCUT2D eigenvalue weighted by Crippen LogP contribution is -2.40. The molecule has 5 heteroatoms. The van der Waals surface area contributed by atoms with E-state index in [1.54, 1.807) is 7.11 Å². The van der Waals surface area contributed by atoms with Crippen LogP contribution in [0.4, 0.5) is 11.4 Å². The molecule has 1 heterocycles. The number of hydrogen-bond acceptors (Lipinski definition) is 4. The molecule has 5 nitrogen and oxygen atoms in total. The number of carbonyl (C=O) groups excluding carboxylic acids is 2. The first kappa shape index (κ1) is 23.9. The molecule has 36 heavy (non-hydrogen) atoms. The van der Waals surface area contributed by atoms with Crippen LogP contribution in [0.25, 0.3) is 0 Å². The van der Waals surface area contributed by atoms with Crippen LogP contribution in [0.15, 0.2) is 84.1 Å². The molecule has 0 radical (unpaired) electrons. The van der Waals surface area contributed by atoms with Gasteiger partial charge in [-0.25, -0.2) is 0 Å². The fourth-order valence-electron chi connectivity index (χ4n) is 5.33. The number of hydrogen-bond donors (Lipinski definition) is 1. The van der Waals surface area contributed by atoms with Gasteiger partial charge in [0.15, 0.2) is 5.78 Å². The standard InChI is InChI=1S/C31H32N2O3/c1-19(2)31(35)33-27-16-20(3)10-15-25(27)32-26-17-23(21-8-6-5-7-9-21)18-28(34)29(26)30(33)22-11-13-24(36-4)14-12-22/h5-16,19,23,30,32H,17-18H2,1-4H3/t23-,30-/m1/s1. The van der Waals surface area contributed by atoms with Gasteiger partial charge in [0.05, 0.1) is 24.5 Å². The van der Waals surface area contributed by atoms with Crippen LogP contribution in [-0.2, 0) is 9.59 Å². The number of carbonyl (C=O) groups is 2. The summed E-state index contributed by atoms with van der Waals surface area (Å²) in [5, 5.41) is 3.61. The van der Waals surface area contributed by atoms with Gasteiger partial charge in [0.1, 0.15) is 5.75 Å². The van der Waals surface area contributed by atoms with Crippen molar-refractivity contribution in [3.63, 3.8) is 0 Å². The zero-order valence-electron chi connectivity index (χ0n) is 21.2. The maximum Gasteiger partial charge on any atom is 0.230 e. The van der Waals surface area contributed by atoms with Crippen molar-refractivity contribution < 1.29 is 14.3 Å². The highest BCUT2D eigenvalue weighted by Crippen LogP contribution is 2.48. The highest BCUT2D eigenvalue weighted by Gasteiger charge is 2.42. The Morgan fingerprint density at radius 1 is 0.972 bits per heavy atom. The quantitative estimate of drug-likeness (QED) is 0.459. The summed E-state index contributed by atoms with van der Waals surface area (Å²) in [7, 11) is 1.63. The van der Waals surface area contributed by atoms with Gasteiger partial charge in [-0.2, -0.15) is 0 Å². The molecule has 0 bridgehead atoms. The summed E-state index contributed by atoms with van der Waals surface area (Å²) in [6.07, 6.45) is 1.12. The molecule has 3 aromatic rings. The Bertz CT molecular complexity index is 1330. The number of anilines is 2. The van der Waals surface area contributed by atoms with Crippen LogP contribution in [0.5, 0.6) is 5.75 Å². The van der Waals surface area contributed by atoms with Crippen LogP contribution in [0.2, 0.25) is 0 Å². The second-order valence-corrected chi connectivity index (χ2v) is 10.0. The van der Waals surface area contributed by atoms with E-state index in [1.807, 2.05) is 86.3 Å². The van der Waals surface area contributed by atoms with Crippen LogP contribution in [0.3, 0.4) is 0 Å². The molecule has 1 N–H and O–H groups in total. The van der Waals surface area contributed by atoms with E-state index in [-0.39, 0.29) is 23.5 Å². The van der Waals surface area contributed by atoms with Gasteiger partial charge < -0.3 is 10.1 Å². The lowest BCUT2D eigenvalue weighted by molar-refractivity contribution is -0.121. The number of ether oxygens (including phenoxy) is 1. The Labute approximate surface area is 212 Å². The van der Waals surface area contributed by atoms with Crippen molar-refractivity contribution in [2.45, 2.75) is 45.6 Å². The number of fused-ring (bicyclic) bond motifs is 1. The fraction of sp³-hybridized carbons (Fsp3) is 0.290. The van der Waals surface area contributed by atoms with Crippen molar-refractivity contribution in [1.29, 1.82) is 0 Å². The van der Waals surface area contributed by atoms with Crippen molar-refractivity contribution in [1.82, 2.24) is 0 Å². The molecule has 0 fully saturated rings. The summed E-state index contributed by atoms with van der Waals surface area (Å²) >= 11 is 0. The average Bonchev–Trinajstić information content (AvgIpc) is 3.03. The number of aryl methyl sites for hydroxylation is 1. The first-order valence-electron chi connectivity index (χ1n) is 12.5. The van der Waals surface area contributed by atoms with Crippen molar-refractivity contribution >= 4 is 23.1 Å². The molecule has 0 saturated carbocycles. The first-order valence-corrected chi connectivity index (χ1v) is 12.5. The summed E-state index contributed by atoms with van der Waals surface area (Å²) in [5.41, 5.74) is 6.32. The lowest BCUT2D eigenvalue weighted by atomic mass is 9.78. The minimum atomic E-state index is -0.527. The molecule has 2 atom stereocenters. The third-order valence-corrected chi connectivity index (χ3v) is 7.17. The van der Waals surface area contributed by atoms with Gasteiger partial charge in [-0.05, 0) is 60.2 Å². The molecular weight excluding hydrogens is 448 g/mol. The Kier molecular flexibility index (Phi) is 6.40. The topological polar surface area (TPSA) is 58.6 Å². The van der Waals surface area contributed by atoms with Crippen LogP contribution in [-0.4, -0.2) is 18.8 Å². The number of ketones is 1. The second kappa shape index (κ2) is 9.65. The number of methoxy groups -OCH3 is 1. The van der Waals surface area contributed by atoms with Crippen molar-refractivity contribution in [3.8, 4) is 5.75 Å². The summed E-state index contributed by atoms with van der Waals surface area (Å²) in [5.74, 6) is 0.636. The molecule has 184 valence electrons. The van der Waals surface area contributed by atoms with Crippen molar-refractivity contribution in [2.24, 2.45) is 5.92 Å². The number of nitrogens with zero attached hydrogens (tertiary/aromatic N) is 1. The molecule has 1 aliphatic carbocycles. The Morgan fingerprint density at radius 2 is 1.69 bits per heavy atom. The zero-order valence-corrected chi connectivity index (χ0v) is 21.2. The number of benzene rings is 3. The molecule has 2 aliphatic rings. The predicted molar refractivity (Wildman–Crippen MR) is 143 cm³/mol. The minimum Gasteiger partial charge on any atom is -0.497 e. The van der Waals surface area contributed by atoms with Gasteiger partial charge in [-0.3, -0.25) is 14.5 Å². The van der Waals surface area contributed by atoms with Crippen LogP contribution in [0, 0.1) is 12.8 Å². The van der Waals surface area contributed by atoms with Gasteiger partial charge >= 0.3 is 0 Å². The largest absolute Gasteiger partial charge is 0.497 e. The smallest absolute Gasteiger partial charge is 0.230 e. The van der Waals surface area contributed by atoms with Crippen LogP contribution in [0.1, 0.15) is 55.3 Å². The van der Waals surface area contributed by atoms with E-state index >= 15 is 0 Å². The minimum absolute atomic E-state index is 0.0174. The van der Waals surface area contributed by atoms with Gasteiger partial charge in [-0.15, -0.1) is 0 Å². The summed E-state index contributed by atoms with van der Waals surface area (Å²) in [6, 6.07) is 23.5. The van der Waals surface area contributed by atoms with Crippen molar-refractivity contribution in [2.75, 3.05) is 17.3 Å². The zero-order chi connectivity index (χ0) is 25.4. The maximum absolute atomic E-state index is 14.0. The van der Waals surface area contributed by atoms with Crippen molar-refractivity contribution in [3.05, 3.63) is 101 Å². The monoisotopic (exact) mass is 480 g/mol. The number of Topliss-reactive ketones (excluding diaryl/α,β-unsaturated/α-hetero) is 1. The van der Waals surface area contributed by atoms with E-state index in [0.717, 1.165) is 39.5 Å². The van der Waals surface area contributed by atoms with Gasteiger partial charge in [-0.1, -0.05) is 62.4 Å².